The zero-order valence-corrected chi connectivity index (χ0v) is 8.73. The molecule has 6 heteroatoms. The minimum absolute atomic E-state index is 0.213. The minimum Gasteiger partial charge on any atom is -0.428 e. The molecule has 6 nitrogen and oxygen atoms in total. The Morgan fingerprint density at radius 1 is 1.27 bits per heavy atom. The summed E-state index contributed by atoms with van der Waals surface area (Å²) in [6.07, 6.45) is 0. The molecule has 1 fully saturated rings. The molecule has 0 bridgehead atoms. The molecule has 0 aromatic rings. The zero-order valence-electron chi connectivity index (χ0n) is 8.73. The fourth-order valence-electron chi connectivity index (χ4n) is 1.17. The van der Waals surface area contributed by atoms with Gasteiger partial charge in [-0.25, -0.2) is 0 Å². The van der Waals surface area contributed by atoms with Crippen molar-refractivity contribution in [3.05, 3.63) is 0 Å². The average Bonchev–Trinajstić information content (AvgIpc) is 2.18. The fourth-order valence-corrected chi connectivity index (χ4v) is 1.17. The van der Waals surface area contributed by atoms with Crippen molar-refractivity contribution in [2.75, 3.05) is 39.6 Å². The molecule has 0 unspecified atom stereocenters. The van der Waals surface area contributed by atoms with E-state index < -0.39 is 11.9 Å². The van der Waals surface area contributed by atoms with E-state index >= 15 is 0 Å². The molecule has 1 aliphatic rings. The first-order chi connectivity index (χ1) is 7.18. The Labute approximate surface area is 88.1 Å². The number of morpholine rings is 1. The first kappa shape index (κ1) is 11.9. The number of carbonyl (C=O) groups is 2. The van der Waals surface area contributed by atoms with Gasteiger partial charge in [0.1, 0.15) is 0 Å². The monoisotopic (exact) mass is 217 g/mol. The van der Waals surface area contributed by atoms with Crippen LogP contribution >= 0.6 is 0 Å². The predicted octanol–water partition coefficient (Wildman–Crippen LogP) is -0.618. The van der Waals surface area contributed by atoms with Crippen molar-refractivity contribution in [1.82, 2.24) is 4.90 Å². The lowest BCUT2D eigenvalue weighted by Gasteiger charge is -2.25. The predicted molar refractivity (Wildman–Crippen MR) is 50.0 cm³/mol. The summed E-state index contributed by atoms with van der Waals surface area (Å²) in [5.74, 6) is -0.854. The lowest BCUT2D eigenvalue weighted by molar-refractivity contribution is -0.166. The van der Waals surface area contributed by atoms with Gasteiger partial charge in [-0.15, -0.1) is 0 Å². The maximum Gasteiger partial charge on any atom is 0.323 e. The Bertz CT molecular complexity index is 225. The molecule has 0 spiro atoms. The molecule has 1 saturated heterocycles. The van der Waals surface area contributed by atoms with Gasteiger partial charge in [-0.2, -0.15) is 0 Å². The molecule has 0 saturated carbocycles. The largest absolute Gasteiger partial charge is 0.428 e. The first-order valence-electron chi connectivity index (χ1n) is 4.77. The topological polar surface area (TPSA) is 65.1 Å². The van der Waals surface area contributed by atoms with Gasteiger partial charge in [0.2, 0.25) is 6.79 Å². The van der Waals surface area contributed by atoms with Crippen LogP contribution in [0, 0.1) is 0 Å². The summed E-state index contributed by atoms with van der Waals surface area (Å²) in [5, 5.41) is 0. The van der Waals surface area contributed by atoms with E-state index in [1.165, 1.54) is 6.92 Å². The Morgan fingerprint density at radius 2 is 1.93 bits per heavy atom. The van der Waals surface area contributed by atoms with Crippen LogP contribution in [0.2, 0.25) is 0 Å². The standard InChI is InChI=1S/C9H15NO5/c1-8(11)14-7-15-9(12)6-10-2-4-13-5-3-10/h2-7H2,1H3. The van der Waals surface area contributed by atoms with E-state index in [9.17, 15) is 9.59 Å². The molecule has 0 atom stereocenters. The van der Waals surface area contributed by atoms with Crippen molar-refractivity contribution >= 4 is 11.9 Å². The Hall–Kier alpha value is -1.14. The fraction of sp³-hybridized carbons (Fsp3) is 0.778. The van der Waals surface area contributed by atoms with Crippen LogP contribution in [0.4, 0.5) is 0 Å². The zero-order chi connectivity index (χ0) is 11.1. The molecule has 15 heavy (non-hydrogen) atoms. The second kappa shape index (κ2) is 6.36. The molecule has 0 amide bonds. The highest BCUT2D eigenvalue weighted by atomic mass is 16.7. The number of esters is 2. The summed E-state index contributed by atoms with van der Waals surface area (Å²) in [4.78, 5) is 23.5. The van der Waals surface area contributed by atoms with Gasteiger partial charge in [0, 0.05) is 20.0 Å². The van der Waals surface area contributed by atoms with E-state index in [1.54, 1.807) is 0 Å². The van der Waals surface area contributed by atoms with Crippen LogP contribution in [-0.2, 0) is 23.8 Å². The molecular formula is C9H15NO5. The Morgan fingerprint density at radius 3 is 2.53 bits per heavy atom. The summed E-state index contributed by atoms with van der Waals surface area (Å²) in [7, 11) is 0. The van der Waals surface area contributed by atoms with Gasteiger partial charge < -0.3 is 14.2 Å². The van der Waals surface area contributed by atoms with Crippen molar-refractivity contribution in [3.63, 3.8) is 0 Å². The highest BCUT2D eigenvalue weighted by molar-refractivity contribution is 5.72. The quantitative estimate of drug-likeness (QED) is 0.462. The lowest BCUT2D eigenvalue weighted by Crippen LogP contribution is -2.40. The maximum atomic E-state index is 11.2. The molecule has 1 aliphatic heterocycles. The summed E-state index contributed by atoms with van der Waals surface area (Å²) < 4.78 is 14.3. The Kier molecular flexibility index (Phi) is 5.06. The molecule has 0 radical (unpaired) electrons. The van der Waals surface area contributed by atoms with Crippen LogP contribution in [0.15, 0.2) is 0 Å². The number of carbonyl (C=O) groups excluding carboxylic acids is 2. The highest BCUT2D eigenvalue weighted by Crippen LogP contribution is 1.96. The van der Waals surface area contributed by atoms with Crippen molar-refractivity contribution in [2.45, 2.75) is 6.92 Å². The van der Waals surface area contributed by atoms with Gasteiger partial charge in [-0.1, -0.05) is 0 Å². The van der Waals surface area contributed by atoms with Gasteiger partial charge in [0.15, 0.2) is 0 Å². The first-order valence-corrected chi connectivity index (χ1v) is 4.77. The van der Waals surface area contributed by atoms with Gasteiger partial charge in [0.25, 0.3) is 0 Å². The van der Waals surface area contributed by atoms with Crippen LogP contribution < -0.4 is 0 Å². The van der Waals surface area contributed by atoms with E-state index in [-0.39, 0.29) is 13.3 Å². The van der Waals surface area contributed by atoms with Gasteiger partial charge in [-0.05, 0) is 0 Å². The third kappa shape index (κ3) is 5.34. The second-order valence-corrected chi connectivity index (χ2v) is 3.16. The van der Waals surface area contributed by atoms with E-state index in [4.69, 9.17) is 9.47 Å². The molecule has 0 N–H and O–H groups in total. The number of rotatable bonds is 4. The number of nitrogens with zero attached hydrogens (tertiary/aromatic N) is 1. The normalized spacial score (nSPS) is 17.1. The molecular weight excluding hydrogens is 202 g/mol. The summed E-state index contributed by atoms with van der Waals surface area (Å²) in [6.45, 7) is 3.89. The van der Waals surface area contributed by atoms with Crippen LogP contribution in [-0.4, -0.2) is 56.5 Å². The number of hydrogen-bond acceptors (Lipinski definition) is 6. The minimum atomic E-state index is -0.464. The summed E-state index contributed by atoms with van der Waals surface area (Å²) in [5.41, 5.74) is 0. The van der Waals surface area contributed by atoms with Crippen molar-refractivity contribution < 1.29 is 23.8 Å². The SMILES string of the molecule is CC(=O)OCOC(=O)CN1CCOCC1. The van der Waals surface area contributed by atoms with Crippen LogP contribution in [0.1, 0.15) is 6.92 Å². The third-order valence-electron chi connectivity index (χ3n) is 1.94. The average molecular weight is 217 g/mol. The summed E-state index contributed by atoms with van der Waals surface area (Å²) >= 11 is 0. The smallest absolute Gasteiger partial charge is 0.323 e. The molecule has 0 aromatic heterocycles. The third-order valence-corrected chi connectivity index (χ3v) is 1.94. The van der Waals surface area contributed by atoms with Crippen molar-refractivity contribution in [2.24, 2.45) is 0 Å². The van der Waals surface area contributed by atoms with Crippen molar-refractivity contribution in [3.8, 4) is 0 Å². The molecule has 0 aromatic carbocycles. The van der Waals surface area contributed by atoms with Gasteiger partial charge >= 0.3 is 11.9 Å². The van der Waals surface area contributed by atoms with E-state index in [2.05, 4.69) is 4.74 Å². The second-order valence-electron chi connectivity index (χ2n) is 3.16. The van der Waals surface area contributed by atoms with Gasteiger partial charge in [0.05, 0.1) is 19.8 Å². The van der Waals surface area contributed by atoms with E-state index in [0.29, 0.717) is 13.2 Å². The molecule has 86 valence electrons. The van der Waals surface area contributed by atoms with Crippen LogP contribution in [0.3, 0.4) is 0 Å². The molecule has 1 heterocycles. The number of ether oxygens (including phenoxy) is 3. The van der Waals surface area contributed by atoms with Gasteiger partial charge in [-0.3, -0.25) is 14.5 Å². The summed E-state index contributed by atoms with van der Waals surface area (Å²) in [6, 6.07) is 0. The number of hydrogen-bond donors (Lipinski definition) is 0. The highest BCUT2D eigenvalue weighted by Gasteiger charge is 2.14. The Balaban J connectivity index is 2.09. The van der Waals surface area contributed by atoms with Crippen molar-refractivity contribution in [1.29, 1.82) is 0 Å². The van der Waals surface area contributed by atoms with E-state index in [1.807, 2.05) is 4.90 Å². The molecule has 0 aliphatic carbocycles. The van der Waals surface area contributed by atoms with Crippen LogP contribution in [0.25, 0.3) is 0 Å². The van der Waals surface area contributed by atoms with Crippen LogP contribution in [0.5, 0.6) is 0 Å². The molecule has 1 rings (SSSR count). The van der Waals surface area contributed by atoms with E-state index in [0.717, 1.165) is 13.1 Å². The lowest BCUT2D eigenvalue weighted by atomic mass is 10.4. The maximum absolute atomic E-state index is 11.2.